The number of carbonyl (C=O) groups excluding carboxylic acids is 1. The fourth-order valence-electron chi connectivity index (χ4n) is 2.92. The third-order valence-electron chi connectivity index (χ3n) is 4.56. The molecule has 0 aliphatic rings. The first kappa shape index (κ1) is 19.6. The molecule has 2 aromatic carbocycles. The predicted octanol–water partition coefficient (Wildman–Crippen LogP) is 4.20. The first-order valence-electron chi connectivity index (χ1n) is 9.48. The Bertz CT molecular complexity index is 903. The Labute approximate surface area is 164 Å². The summed E-state index contributed by atoms with van der Waals surface area (Å²) in [5, 5.41) is 7.01. The second-order valence-electron chi connectivity index (χ2n) is 6.62. The molecule has 0 spiro atoms. The van der Waals surface area contributed by atoms with E-state index in [1.54, 1.807) is 7.11 Å². The van der Waals surface area contributed by atoms with E-state index in [0.29, 0.717) is 18.3 Å². The summed E-state index contributed by atoms with van der Waals surface area (Å²) in [5.41, 5.74) is 2.62. The van der Waals surface area contributed by atoms with Gasteiger partial charge in [0.05, 0.1) is 7.11 Å². The summed E-state index contributed by atoms with van der Waals surface area (Å²) in [4.78, 5) is 16.6. The molecule has 0 bridgehead atoms. The monoisotopic (exact) mass is 379 g/mol. The van der Waals surface area contributed by atoms with Crippen LogP contribution in [0, 0.1) is 6.92 Å². The molecule has 0 aliphatic carbocycles. The van der Waals surface area contributed by atoms with Crippen molar-refractivity contribution in [2.75, 3.05) is 13.7 Å². The zero-order valence-corrected chi connectivity index (χ0v) is 16.3. The standard InChI is InChI=1S/C22H25N3O3/c1-16-8-5-6-9-19(16)22(26)23-15-7-3-4-10-20-24-21(25-28-20)17-11-13-18(27-2)14-12-17/h5-6,8-9,11-14H,3-4,7,10,15H2,1-2H3,(H,23,26). The van der Waals surface area contributed by atoms with Gasteiger partial charge in [0.25, 0.3) is 5.91 Å². The summed E-state index contributed by atoms with van der Waals surface area (Å²) in [6.45, 7) is 2.60. The number of unbranched alkanes of at least 4 members (excludes halogenated alkanes) is 2. The van der Waals surface area contributed by atoms with E-state index < -0.39 is 0 Å². The molecule has 28 heavy (non-hydrogen) atoms. The summed E-state index contributed by atoms with van der Waals surface area (Å²) in [5.74, 6) is 2.00. The van der Waals surface area contributed by atoms with Crippen LogP contribution in [0.15, 0.2) is 53.1 Å². The van der Waals surface area contributed by atoms with Crippen molar-refractivity contribution in [1.82, 2.24) is 15.5 Å². The molecule has 1 heterocycles. The van der Waals surface area contributed by atoms with E-state index in [-0.39, 0.29) is 5.91 Å². The zero-order chi connectivity index (χ0) is 19.8. The van der Waals surface area contributed by atoms with Crippen molar-refractivity contribution in [2.24, 2.45) is 0 Å². The van der Waals surface area contributed by atoms with Crippen LogP contribution in [-0.2, 0) is 6.42 Å². The van der Waals surface area contributed by atoms with Crippen LogP contribution in [-0.4, -0.2) is 29.7 Å². The van der Waals surface area contributed by atoms with Crippen molar-refractivity contribution < 1.29 is 14.1 Å². The van der Waals surface area contributed by atoms with Crippen LogP contribution in [0.3, 0.4) is 0 Å². The highest BCUT2D eigenvalue weighted by molar-refractivity contribution is 5.95. The number of nitrogens with one attached hydrogen (secondary N) is 1. The van der Waals surface area contributed by atoms with Gasteiger partial charge in [-0.25, -0.2) is 0 Å². The second kappa shape index (κ2) is 9.69. The predicted molar refractivity (Wildman–Crippen MR) is 107 cm³/mol. The lowest BCUT2D eigenvalue weighted by Crippen LogP contribution is -2.25. The molecule has 0 radical (unpaired) electrons. The van der Waals surface area contributed by atoms with Crippen LogP contribution in [0.2, 0.25) is 0 Å². The first-order chi connectivity index (χ1) is 13.7. The van der Waals surface area contributed by atoms with Crippen molar-refractivity contribution in [3.63, 3.8) is 0 Å². The third kappa shape index (κ3) is 5.19. The maximum atomic E-state index is 12.1. The normalized spacial score (nSPS) is 10.6. The Morgan fingerprint density at radius 3 is 2.61 bits per heavy atom. The van der Waals surface area contributed by atoms with Gasteiger partial charge in [-0.15, -0.1) is 0 Å². The Hall–Kier alpha value is -3.15. The van der Waals surface area contributed by atoms with E-state index in [0.717, 1.165) is 48.1 Å². The van der Waals surface area contributed by atoms with Gasteiger partial charge in [0.1, 0.15) is 5.75 Å². The zero-order valence-electron chi connectivity index (χ0n) is 16.3. The molecular weight excluding hydrogens is 354 g/mol. The van der Waals surface area contributed by atoms with Gasteiger partial charge in [-0.05, 0) is 55.7 Å². The third-order valence-corrected chi connectivity index (χ3v) is 4.56. The molecule has 0 unspecified atom stereocenters. The van der Waals surface area contributed by atoms with Gasteiger partial charge in [-0.3, -0.25) is 4.79 Å². The van der Waals surface area contributed by atoms with Gasteiger partial charge in [0.15, 0.2) is 0 Å². The van der Waals surface area contributed by atoms with Crippen LogP contribution in [0.5, 0.6) is 5.75 Å². The molecule has 6 nitrogen and oxygen atoms in total. The smallest absolute Gasteiger partial charge is 0.251 e. The minimum absolute atomic E-state index is 0.0147. The number of rotatable bonds is 9. The molecule has 1 N–H and O–H groups in total. The Kier molecular flexibility index (Phi) is 6.78. The van der Waals surface area contributed by atoms with E-state index in [2.05, 4.69) is 15.5 Å². The van der Waals surface area contributed by atoms with Crippen LogP contribution >= 0.6 is 0 Å². The maximum absolute atomic E-state index is 12.1. The molecule has 1 aromatic heterocycles. The summed E-state index contributed by atoms with van der Waals surface area (Å²) >= 11 is 0. The highest BCUT2D eigenvalue weighted by Gasteiger charge is 2.09. The fraction of sp³-hybridized carbons (Fsp3) is 0.318. The van der Waals surface area contributed by atoms with Crippen molar-refractivity contribution in [2.45, 2.75) is 32.6 Å². The molecule has 146 valence electrons. The van der Waals surface area contributed by atoms with Crippen molar-refractivity contribution in [1.29, 1.82) is 0 Å². The minimum atomic E-state index is -0.0147. The second-order valence-corrected chi connectivity index (χ2v) is 6.62. The van der Waals surface area contributed by atoms with Gasteiger partial charge in [-0.1, -0.05) is 29.8 Å². The molecule has 0 fully saturated rings. The molecule has 0 saturated carbocycles. The van der Waals surface area contributed by atoms with Crippen LogP contribution in [0.4, 0.5) is 0 Å². The SMILES string of the molecule is COc1ccc(-c2noc(CCCCCNC(=O)c3ccccc3C)n2)cc1. The first-order valence-corrected chi connectivity index (χ1v) is 9.48. The van der Waals surface area contributed by atoms with Crippen LogP contribution in [0.25, 0.3) is 11.4 Å². The van der Waals surface area contributed by atoms with E-state index in [1.807, 2.05) is 55.5 Å². The molecule has 0 atom stereocenters. The van der Waals surface area contributed by atoms with Crippen LogP contribution in [0.1, 0.15) is 41.1 Å². The Morgan fingerprint density at radius 2 is 1.86 bits per heavy atom. The van der Waals surface area contributed by atoms with Gasteiger partial charge in [0, 0.05) is 24.1 Å². The fourth-order valence-corrected chi connectivity index (χ4v) is 2.92. The van der Waals surface area contributed by atoms with Crippen molar-refractivity contribution >= 4 is 5.91 Å². The number of carbonyl (C=O) groups is 1. The van der Waals surface area contributed by atoms with E-state index >= 15 is 0 Å². The lowest BCUT2D eigenvalue weighted by atomic mass is 10.1. The lowest BCUT2D eigenvalue weighted by molar-refractivity contribution is 0.0952. The van der Waals surface area contributed by atoms with Crippen LogP contribution < -0.4 is 10.1 Å². The van der Waals surface area contributed by atoms with Gasteiger partial charge in [-0.2, -0.15) is 4.98 Å². The number of aryl methyl sites for hydroxylation is 2. The molecule has 3 rings (SSSR count). The van der Waals surface area contributed by atoms with Gasteiger partial charge in [0.2, 0.25) is 11.7 Å². The molecule has 1 amide bonds. The number of benzene rings is 2. The summed E-state index contributed by atoms with van der Waals surface area (Å²) in [6, 6.07) is 15.2. The summed E-state index contributed by atoms with van der Waals surface area (Å²) in [7, 11) is 1.63. The Balaban J connectivity index is 1.37. The Morgan fingerprint density at radius 1 is 1.07 bits per heavy atom. The number of ether oxygens (including phenoxy) is 1. The molecule has 0 aliphatic heterocycles. The van der Waals surface area contributed by atoms with Gasteiger partial charge < -0.3 is 14.6 Å². The number of nitrogens with zero attached hydrogens (tertiary/aromatic N) is 2. The summed E-state index contributed by atoms with van der Waals surface area (Å²) < 4.78 is 10.5. The van der Waals surface area contributed by atoms with Crippen molar-refractivity contribution in [3.8, 4) is 17.1 Å². The number of hydrogen-bond donors (Lipinski definition) is 1. The highest BCUT2D eigenvalue weighted by Crippen LogP contribution is 2.20. The van der Waals surface area contributed by atoms with E-state index in [9.17, 15) is 4.79 Å². The van der Waals surface area contributed by atoms with Gasteiger partial charge >= 0.3 is 0 Å². The largest absolute Gasteiger partial charge is 0.497 e. The topological polar surface area (TPSA) is 77.3 Å². The molecule has 3 aromatic rings. The lowest BCUT2D eigenvalue weighted by Gasteiger charge is -2.07. The summed E-state index contributed by atoms with van der Waals surface area (Å²) in [6.07, 6.45) is 3.56. The van der Waals surface area contributed by atoms with E-state index in [4.69, 9.17) is 9.26 Å². The quantitative estimate of drug-likeness (QED) is 0.564. The van der Waals surface area contributed by atoms with E-state index in [1.165, 1.54) is 0 Å². The minimum Gasteiger partial charge on any atom is -0.497 e. The number of hydrogen-bond acceptors (Lipinski definition) is 5. The molecule has 0 saturated heterocycles. The molecule has 6 heteroatoms. The number of amides is 1. The number of aromatic nitrogens is 2. The average Bonchev–Trinajstić information content (AvgIpc) is 3.19. The maximum Gasteiger partial charge on any atom is 0.251 e. The highest BCUT2D eigenvalue weighted by atomic mass is 16.5. The van der Waals surface area contributed by atoms with Crippen molar-refractivity contribution in [3.05, 3.63) is 65.5 Å². The number of methoxy groups -OCH3 is 1. The average molecular weight is 379 g/mol. The molecular formula is C22H25N3O3.